The molecule has 0 bridgehead atoms. The molecule has 0 amide bonds. The van der Waals surface area contributed by atoms with E-state index < -0.39 is 0 Å². The second-order valence-corrected chi connectivity index (χ2v) is 4.74. The molecule has 18 heavy (non-hydrogen) atoms. The number of thioether (sulfide) groups is 1. The van der Waals surface area contributed by atoms with E-state index in [-0.39, 0.29) is 6.61 Å². The van der Waals surface area contributed by atoms with Crippen LogP contribution in [0.1, 0.15) is 5.56 Å². The molecule has 1 aliphatic heterocycles. The molecular formula is C13H15N3OS. The summed E-state index contributed by atoms with van der Waals surface area (Å²) in [5, 5.41) is 10.7. The van der Waals surface area contributed by atoms with Gasteiger partial charge < -0.3 is 16.6 Å². The number of nitrogens with two attached hydrogens (primary N) is 2. The molecule has 0 fully saturated rings. The lowest BCUT2D eigenvalue weighted by Gasteiger charge is -2.08. The fourth-order valence-electron chi connectivity index (χ4n) is 1.68. The van der Waals surface area contributed by atoms with Crippen LogP contribution in [0.5, 0.6) is 0 Å². The minimum Gasteiger partial charge on any atom is -0.399 e. The summed E-state index contributed by atoms with van der Waals surface area (Å²) < 4.78 is 0. The Bertz CT molecular complexity index is 545. The Hall–Kier alpha value is -1.68. The number of hydrogen-bond acceptors (Lipinski definition) is 5. The normalized spacial score (nSPS) is 14.3. The Morgan fingerprint density at radius 3 is 3.00 bits per heavy atom. The highest BCUT2D eigenvalue weighted by Crippen LogP contribution is 2.36. The van der Waals surface area contributed by atoms with Gasteiger partial charge in [-0.1, -0.05) is 0 Å². The molecule has 0 radical (unpaired) electrons. The van der Waals surface area contributed by atoms with Gasteiger partial charge >= 0.3 is 0 Å². The monoisotopic (exact) mass is 261 g/mol. The molecule has 0 atom stereocenters. The van der Waals surface area contributed by atoms with Gasteiger partial charge in [-0.15, -0.1) is 11.8 Å². The van der Waals surface area contributed by atoms with Crippen molar-refractivity contribution in [2.45, 2.75) is 0 Å². The molecule has 0 saturated heterocycles. The number of aliphatic hydroxyl groups is 1. The van der Waals surface area contributed by atoms with Crippen molar-refractivity contribution in [2.75, 3.05) is 30.4 Å². The van der Waals surface area contributed by atoms with Crippen molar-refractivity contribution < 1.29 is 5.11 Å². The predicted molar refractivity (Wildman–Crippen MR) is 78.6 cm³/mol. The van der Waals surface area contributed by atoms with E-state index >= 15 is 0 Å². The SMILES string of the molecule is Nc1ccc(N)c(C2=CSCC2=C=NCCO)c1. The molecule has 94 valence electrons. The van der Waals surface area contributed by atoms with E-state index in [9.17, 15) is 0 Å². The van der Waals surface area contributed by atoms with E-state index in [1.165, 1.54) is 0 Å². The lowest BCUT2D eigenvalue weighted by atomic mass is 9.99. The maximum absolute atomic E-state index is 8.70. The largest absolute Gasteiger partial charge is 0.399 e. The minimum atomic E-state index is 0.0346. The van der Waals surface area contributed by atoms with Crippen molar-refractivity contribution >= 4 is 34.6 Å². The zero-order valence-corrected chi connectivity index (χ0v) is 10.7. The molecule has 0 spiro atoms. The van der Waals surface area contributed by atoms with Crippen LogP contribution in [0.2, 0.25) is 0 Å². The van der Waals surface area contributed by atoms with Crippen LogP contribution in [0, 0.1) is 0 Å². The third kappa shape index (κ3) is 2.76. The van der Waals surface area contributed by atoms with Gasteiger partial charge in [-0.2, -0.15) is 0 Å². The number of rotatable bonds is 3. The van der Waals surface area contributed by atoms with Crippen molar-refractivity contribution in [3.05, 3.63) is 34.7 Å². The van der Waals surface area contributed by atoms with Crippen LogP contribution >= 0.6 is 11.8 Å². The van der Waals surface area contributed by atoms with Gasteiger partial charge in [-0.3, -0.25) is 0 Å². The van der Waals surface area contributed by atoms with E-state index in [1.54, 1.807) is 23.9 Å². The summed E-state index contributed by atoms with van der Waals surface area (Å²) in [6, 6.07) is 5.45. The number of benzene rings is 1. The van der Waals surface area contributed by atoms with E-state index in [2.05, 4.69) is 10.9 Å². The highest BCUT2D eigenvalue weighted by atomic mass is 32.2. The molecule has 0 aliphatic carbocycles. The van der Waals surface area contributed by atoms with Crippen LogP contribution in [0.25, 0.3) is 5.57 Å². The Kier molecular flexibility index (Phi) is 4.10. The van der Waals surface area contributed by atoms with Crippen LogP contribution in [-0.2, 0) is 0 Å². The Labute approximate surface area is 110 Å². The van der Waals surface area contributed by atoms with Gasteiger partial charge in [0.25, 0.3) is 0 Å². The molecule has 2 rings (SSSR count). The maximum Gasteiger partial charge on any atom is 0.0715 e. The van der Waals surface area contributed by atoms with Crippen molar-refractivity contribution in [3.8, 4) is 0 Å². The minimum absolute atomic E-state index is 0.0346. The molecule has 1 aromatic rings. The lowest BCUT2D eigenvalue weighted by molar-refractivity contribution is 0.307. The number of aliphatic hydroxyl groups excluding tert-OH is 1. The summed E-state index contributed by atoms with van der Waals surface area (Å²) >= 11 is 1.68. The Morgan fingerprint density at radius 1 is 1.39 bits per heavy atom. The summed E-state index contributed by atoms with van der Waals surface area (Å²) in [6.07, 6.45) is 0. The Balaban J connectivity index is 2.38. The van der Waals surface area contributed by atoms with Gasteiger partial charge in [-0.25, -0.2) is 4.99 Å². The van der Waals surface area contributed by atoms with Gasteiger partial charge in [0.15, 0.2) is 0 Å². The fourth-order valence-corrected chi connectivity index (χ4v) is 2.59. The van der Waals surface area contributed by atoms with Crippen molar-refractivity contribution in [1.82, 2.24) is 0 Å². The summed E-state index contributed by atoms with van der Waals surface area (Å²) in [6.45, 7) is 0.404. The third-order valence-electron chi connectivity index (χ3n) is 2.55. The summed E-state index contributed by atoms with van der Waals surface area (Å²) in [4.78, 5) is 4.04. The van der Waals surface area contributed by atoms with Gasteiger partial charge in [0, 0.05) is 33.8 Å². The third-order valence-corrected chi connectivity index (χ3v) is 3.41. The van der Waals surface area contributed by atoms with Gasteiger partial charge in [0.1, 0.15) is 0 Å². The maximum atomic E-state index is 8.70. The van der Waals surface area contributed by atoms with Crippen molar-refractivity contribution in [2.24, 2.45) is 4.99 Å². The summed E-state index contributed by atoms with van der Waals surface area (Å²) in [7, 11) is 0. The molecule has 4 nitrogen and oxygen atoms in total. The summed E-state index contributed by atoms with van der Waals surface area (Å²) in [5.41, 5.74) is 16.1. The number of aliphatic imine (C=N–C) groups is 1. The van der Waals surface area contributed by atoms with Crippen molar-refractivity contribution in [3.63, 3.8) is 0 Å². The van der Waals surface area contributed by atoms with Gasteiger partial charge in [0.2, 0.25) is 0 Å². The van der Waals surface area contributed by atoms with Crippen molar-refractivity contribution in [1.29, 1.82) is 0 Å². The van der Waals surface area contributed by atoms with Crippen LogP contribution in [-0.4, -0.2) is 29.9 Å². The van der Waals surface area contributed by atoms with Crippen LogP contribution in [0.3, 0.4) is 0 Å². The number of hydrogen-bond donors (Lipinski definition) is 3. The molecule has 0 aromatic heterocycles. The molecule has 1 heterocycles. The van der Waals surface area contributed by atoms with Crippen LogP contribution in [0.15, 0.2) is 34.2 Å². The van der Waals surface area contributed by atoms with E-state index in [0.717, 1.165) is 22.5 Å². The molecule has 0 saturated carbocycles. The van der Waals surface area contributed by atoms with Crippen LogP contribution < -0.4 is 11.5 Å². The summed E-state index contributed by atoms with van der Waals surface area (Å²) in [5.74, 6) is 3.79. The average molecular weight is 261 g/mol. The first kappa shape index (κ1) is 12.8. The second-order valence-electron chi connectivity index (χ2n) is 3.88. The smallest absolute Gasteiger partial charge is 0.0715 e. The number of nitrogens with zero attached hydrogens (tertiary/aromatic N) is 1. The highest BCUT2D eigenvalue weighted by Gasteiger charge is 2.16. The number of allylic oxidation sites excluding steroid dienone is 1. The molecular weight excluding hydrogens is 246 g/mol. The zero-order valence-electron chi connectivity index (χ0n) is 9.89. The van der Waals surface area contributed by atoms with Gasteiger partial charge in [-0.05, 0) is 29.5 Å². The zero-order chi connectivity index (χ0) is 13.0. The quantitative estimate of drug-likeness (QED) is 0.569. The standard InChI is InChI=1S/C13H15N3OS/c14-10-1-2-13(15)11(5-10)12-8-18-7-9(12)6-16-3-4-17/h1-2,5,8,17H,3-4,7,14-15H2. The topological polar surface area (TPSA) is 84.6 Å². The fraction of sp³-hybridized carbons (Fsp3) is 0.231. The number of anilines is 2. The molecule has 0 unspecified atom stereocenters. The first-order valence-electron chi connectivity index (χ1n) is 5.59. The molecule has 1 aliphatic rings. The lowest BCUT2D eigenvalue weighted by Crippen LogP contribution is -1.98. The first-order chi connectivity index (χ1) is 8.72. The number of nitrogen functional groups attached to an aromatic ring is 2. The first-order valence-corrected chi connectivity index (χ1v) is 6.64. The van der Waals surface area contributed by atoms with E-state index in [1.807, 2.05) is 11.5 Å². The van der Waals surface area contributed by atoms with E-state index in [0.29, 0.717) is 17.9 Å². The van der Waals surface area contributed by atoms with Gasteiger partial charge in [0.05, 0.1) is 13.2 Å². The second kappa shape index (κ2) is 5.78. The predicted octanol–water partition coefficient (Wildman–Crippen LogP) is 1.53. The molecule has 5 heteroatoms. The molecule has 5 N–H and O–H groups in total. The molecule has 1 aromatic carbocycles. The Morgan fingerprint density at radius 2 is 2.22 bits per heavy atom. The average Bonchev–Trinajstić information content (AvgIpc) is 2.81. The highest BCUT2D eigenvalue weighted by molar-refractivity contribution is 8.02. The van der Waals surface area contributed by atoms with E-state index in [4.69, 9.17) is 16.6 Å². The van der Waals surface area contributed by atoms with Crippen LogP contribution in [0.4, 0.5) is 11.4 Å².